The predicted molar refractivity (Wildman–Crippen MR) is 88.8 cm³/mol. The van der Waals surface area contributed by atoms with Crippen molar-refractivity contribution >= 4 is 11.8 Å². The van der Waals surface area contributed by atoms with Crippen molar-refractivity contribution in [2.45, 2.75) is 33.1 Å². The fourth-order valence-corrected chi connectivity index (χ4v) is 3.60. The van der Waals surface area contributed by atoms with E-state index in [1.165, 1.54) is 4.68 Å². The van der Waals surface area contributed by atoms with E-state index in [0.29, 0.717) is 30.8 Å². The molecule has 0 saturated carbocycles. The molecule has 0 N–H and O–H groups in total. The summed E-state index contributed by atoms with van der Waals surface area (Å²) in [5, 5.41) is 4.11. The van der Waals surface area contributed by atoms with Crippen LogP contribution in [0.5, 0.6) is 0 Å². The van der Waals surface area contributed by atoms with Gasteiger partial charge in [-0.3, -0.25) is 14.4 Å². The van der Waals surface area contributed by atoms with Crippen molar-refractivity contribution < 1.29 is 9.59 Å². The molecule has 1 aromatic rings. The van der Waals surface area contributed by atoms with Crippen LogP contribution >= 0.6 is 0 Å². The van der Waals surface area contributed by atoms with E-state index in [9.17, 15) is 14.4 Å². The molecule has 0 spiro atoms. The maximum Gasteiger partial charge on any atom is 0.279 e. The van der Waals surface area contributed by atoms with E-state index in [0.717, 1.165) is 25.9 Å². The zero-order valence-corrected chi connectivity index (χ0v) is 14.5. The number of carbonyl (C=O) groups excluding carboxylic acids is 2. The Hall–Kier alpha value is -2.18. The molecule has 1 aromatic heterocycles. The summed E-state index contributed by atoms with van der Waals surface area (Å²) in [6.45, 7) is 6.11. The van der Waals surface area contributed by atoms with E-state index in [1.807, 2.05) is 4.90 Å². The van der Waals surface area contributed by atoms with Crippen molar-refractivity contribution in [3.8, 4) is 0 Å². The summed E-state index contributed by atoms with van der Waals surface area (Å²) in [7, 11) is 1.55. The smallest absolute Gasteiger partial charge is 0.279 e. The van der Waals surface area contributed by atoms with Crippen LogP contribution in [0.15, 0.2) is 4.79 Å². The first-order valence-corrected chi connectivity index (χ1v) is 8.52. The van der Waals surface area contributed by atoms with E-state index in [2.05, 4.69) is 5.10 Å². The largest absolute Gasteiger partial charge is 0.342 e. The van der Waals surface area contributed by atoms with Gasteiger partial charge in [0.25, 0.3) is 11.5 Å². The van der Waals surface area contributed by atoms with Crippen molar-refractivity contribution in [3.05, 3.63) is 27.2 Å². The fraction of sp³-hybridized carbons (Fsp3) is 0.647. The van der Waals surface area contributed by atoms with Gasteiger partial charge in [-0.15, -0.1) is 0 Å². The molecule has 0 bridgehead atoms. The van der Waals surface area contributed by atoms with Gasteiger partial charge in [-0.05, 0) is 38.7 Å². The van der Waals surface area contributed by atoms with Crippen LogP contribution in [0.4, 0.5) is 0 Å². The molecule has 2 fully saturated rings. The molecule has 7 nitrogen and oxygen atoms in total. The Kier molecular flexibility index (Phi) is 4.43. The van der Waals surface area contributed by atoms with Gasteiger partial charge < -0.3 is 9.80 Å². The molecule has 130 valence electrons. The Bertz CT molecular complexity index is 734. The van der Waals surface area contributed by atoms with Crippen molar-refractivity contribution in [1.29, 1.82) is 0 Å². The molecule has 2 aliphatic heterocycles. The number of carbonyl (C=O) groups is 2. The SMILES string of the molecule is Cc1nn(C)c(=O)c(C(=O)N2CCC(C(=O)N3CCCC3)C2)c1C. The Balaban J connectivity index is 1.78. The van der Waals surface area contributed by atoms with Crippen molar-refractivity contribution in [2.24, 2.45) is 13.0 Å². The molecule has 2 saturated heterocycles. The van der Waals surface area contributed by atoms with Gasteiger partial charge in [-0.2, -0.15) is 5.10 Å². The second-order valence-electron chi connectivity index (χ2n) is 6.78. The van der Waals surface area contributed by atoms with E-state index in [4.69, 9.17) is 0 Å². The second-order valence-corrected chi connectivity index (χ2v) is 6.78. The normalized spacial score (nSPS) is 20.7. The first-order chi connectivity index (χ1) is 11.4. The summed E-state index contributed by atoms with van der Waals surface area (Å²) in [5.41, 5.74) is 1.10. The number of nitrogens with zero attached hydrogens (tertiary/aromatic N) is 4. The van der Waals surface area contributed by atoms with Crippen LogP contribution in [0.2, 0.25) is 0 Å². The Morgan fingerprint density at radius 1 is 1.08 bits per heavy atom. The van der Waals surface area contributed by atoms with Crippen LogP contribution in [0.3, 0.4) is 0 Å². The lowest BCUT2D eigenvalue weighted by atomic mass is 10.1. The summed E-state index contributed by atoms with van der Waals surface area (Å²) < 4.78 is 1.21. The molecule has 0 aromatic carbocycles. The van der Waals surface area contributed by atoms with Gasteiger partial charge in [0.15, 0.2) is 0 Å². The molecule has 1 atom stereocenters. The van der Waals surface area contributed by atoms with Gasteiger partial charge in [0.05, 0.1) is 11.6 Å². The standard InChI is InChI=1S/C17H24N4O3/c1-11-12(2)18-19(3)16(23)14(11)17(24)21-9-6-13(10-21)15(22)20-7-4-5-8-20/h13H,4-10H2,1-3H3. The molecular formula is C17H24N4O3. The van der Waals surface area contributed by atoms with Gasteiger partial charge in [-0.1, -0.05) is 0 Å². The van der Waals surface area contributed by atoms with E-state index >= 15 is 0 Å². The van der Waals surface area contributed by atoms with Crippen LogP contribution in [0, 0.1) is 19.8 Å². The number of hydrogen-bond acceptors (Lipinski definition) is 4. The highest BCUT2D eigenvalue weighted by atomic mass is 16.2. The summed E-state index contributed by atoms with van der Waals surface area (Å²) in [5.74, 6) is -0.271. The average Bonchev–Trinajstić information content (AvgIpc) is 3.24. The zero-order chi connectivity index (χ0) is 17.4. The van der Waals surface area contributed by atoms with Gasteiger partial charge >= 0.3 is 0 Å². The second kappa shape index (κ2) is 6.37. The molecule has 3 rings (SSSR count). The number of rotatable bonds is 2. The number of hydrogen-bond donors (Lipinski definition) is 0. The number of aromatic nitrogens is 2. The minimum atomic E-state index is -0.377. The van der Waals surface area contributed by atoms with Crippen LogP contribution in [-0.4, -0.2) is 57.6 Å². The molecule has 3 heterocycles. The number of likely N-dealkylation sites (tertiary alicyclic amines) is 2. The van der Waals surface area contributed by atoms with Crippen LogP contribution in [-0.2, 0) is 11.8 Å². The Morgan fingerprint density at radius 2 is 1.75 bits per heavy atom. The Labute approximate surface area is 141 Å². The highest BCUT2D eigenvalue weighted by Crippen LogP contribution is 2.23. The van der Waals surface area contributed by atoms with E-state index in [-0.39, 0.29) is 28.9 Å². The summed E-state index contributed by atoms with van der Waals surface area (Å²) >= 11 is 0. The first kappa shape index (κ1) is 16.7. The minimum absolute atomic E-state index is 0.140. The minimum Gasteiger partial charge on any atom is -0.342 e. The molecule has 1 unspecified atom stereocenters. The highest BCUT2D eigenvalue weighted by molar-refractivity contribution is 5.96. The monoisotopic (exact) mass is 332 g/mol. The van der Waals surface area contributed by atoms with Crippen molar-refractivity contribution in [1.82, 2.24) is 19.6 Å². The zero-order valence-electron chi connectivity index (χ0n) is 14.5. The van der Waals surface area contributed by atoms with E-state index < -0.39 is 0 Å². The number of aryl methyl sites for hydroxylation is 2. The van der Waals surface area contributed by atoms with Gasteiger partial charge in [0, 0.05) is 33.2 Å². The molecule has 7 heteroatoms. The lowest BCUT2D eigenvalue weighted by molar-refractivity contribution is -0.133. The third-order valence-electron chi connectivity index (χ3n) is 5.18. The van der Waals surface area contributed by atoms with Crippen molar-refractivity contribution in [3.63, 3.8) is 0 Å². The summed E-state index contributed by atoms with van der Waals surface area (Å²) in [6, 6.07) is 0. The van der Waals surface area contributed by atoms with Crippen LogP contribution < -0.4 is 5.56 Å². The van der Waals surface area contributed by atoms with Gasteiger partial charge in [0.1, 0.15) is 5.56 Å². The molecule has 24 heavy (non-hydrogen) atoms. The fourth-order valence-electron chi connectivity index (χ4n) is 3.60. The maximum atomic E-state index is 12.8. The van der Waals surface area contributed by atoms with Crippen LogP contribution in [0.1, 0.15) is 40.9 Å². The third kappa shape index (κ3) is 2.83. The van der Waals surface area contributed by atoms with Gasteiger partial charge in [0.2, 0.25) is 5.91 Å². The quantitative estimate of drug-likeness (QED) is 0.789. The summed E-state index contributed by atoms with van der Waals surface area (Å²) in [4.78, 5) is 41.2. The Morgan fingerprint density at radius 3 is 2.42 bits per heavy atom. The molecule has 0 aliphatic carbocycles. The highest BCUT2D eigenvalue weighted by Gasteiger charge is 2.35. The topological polar surface area (TPSA) is 75.5 Å². The molecule has 2 amide bonds. The van der Waals surface area contributed by atoms with Crippen molar-refractivity contribution in [2.75, 3.05) is 26.2 Å². The maximum absolute atomic E-state index is 12.8. The lowest BCUT2D eigenvalue weighted by Crippen LogP contribution is -2.39. The van der Waals surface area contributed by atoms with Crippen LogP contribution in [0.25, 0.3) is 0 Å². The molecule has 2 aliphatic rings. The predicted octanol–water partition coefficient (Wildman–Crippen LogP) is 0.482. The first-order valence-electron chi connectivity index (χ1n) is 8.52. The molecule has 0 radical (unpaired) electrons. The van der Waals surface area contributed by atoms with E-state index in [1.54, 1.807) is 25.8 Å². The average molecular weight is 332 g/mol. The third-order valence-corrected chi connectivity index (χ3v) is 5.18. The summed E-state index contributed by atoms with van der Waals surface area (Å²) in [6.07, 6.45) is 2.80. The number of amides is 2. The lowest BCUT2D eigenvalue weighted by Gasteiger charge is -2.21. The molecular weight excluding hydrogens is 308 g/mol. The van der Waals surface area contributed by atoms with Gasteiger partial charge in [-0.25, -0.2) is 4.68 Å².